The molecule has 3 rings (SSSR count). The van der Waals surface area contributed by atoms with E-state index in [1.165, 1.54) is 12.0 Å². The Labute approximate surface area is 120 Å². The molecule has 0 aromatic carbocycles. The van der Waals surface area contributed by atoms with E-state index in [0.717, 1.165) is 25.1 Å². The lowest BCUT2D eigenvalue weighted by atomic mass is 9.92. The van der Waals surface area contributed by atoms with Gasteiger partial charge in [0.25, 0.3) is 0 Å². The van der Waals surface area contributed by atoms with Crippen LogP contribution in [0, 0.1) is 0 Å². The SMILES string of the molecule is CCNC1CCCc2nc(-c3ccc(Br)o3)ncc21. The zero-order valence-electron chi connectivity index (χ0n) is 10.8. The normalized spacial score (nSPS) is 18.3. The maximum atomic E-state index is 5.51. The summed E-state index contributed by atoms with van der Waals surface area (Å²) in [4.78, 5) is 9.11. The van der Waals surface area contributed by atoms with E-state index in [4.69, 9.17) is 4.42 Å². The molecule has 0 bridgehead atoms. The minimum absolute atomic E-state index is 0.395. The summed E-state index contributed by atoms with van der Waals surface area (Å²) in [5.74, 6) is 1.38. The van der Waals surface area contributed by atoms with Gasteiger partial charge in [-0.2, -0.15) is 0 Å². The Morgan fingerprint density at radius 2 is 2.37 bits per heavy atom. The number of hydrogen-bond acceptors (Lipinski definition) is 4. The first-order valence-corrected chi connectivity index (χ1v) is 7.42. The predicted octanol–water partition coefficient (Wildman–Crippen LogP) is 3.49. The molecule has 19 heavy (non-hydrogen) atoms. The summed E-state index contributed by atoms with van der Waals surface area (Å²) in [7, 11) is 0. The molecule has 2 heterocycles. The summed E-state index contributed by atoms with van der Waals surface area (Å²) in [6.07, 6.45) is 5.30. The van der Waals surface area contributed by atoms with Gasteiger partial charge >= 0.3 is 0 Å². The van der Waals surface area contributed by atoms with Crippen molar-refractivity contribution in [3.8, 4) is 11.6 Å². The van der Waals surface area contributed by atoms with Crippen LogP contribution in [0.15, 0.2) is 27.4 Å². The Balaban J connectivity index is 1.95. The fourth-order valence-corrected chi connectivity index (χ4v) is 2.87. The summed E-state index contributed by atoms with van der Waals surface area (Å²) in [6.45, 7) is 3.10. The fourth-order valence-electron chi connectivity index (χ4n) is 2.56. The number of nitrogens with zero attached hydrogens (tertiary/aromatic N) is 2. The highest BCUT2D eigenvalue weighted by Crippen LogP contribution is 2.30. The van der Waals surface area contributed by atoms with Crippen LogP contribution in [-0.2, 0) is 6.42 Å². The number of aromatic nitrogens is 2. The van der Waals surface area contributed by atoms with Crippen molar-refractivity contribution in [3.05, 3.63) is 34.3 Å². The second-order valence-corrected chi connectivity index (χ2v) is 5.48. The standard InChI is InChI=1S/C14H16BrN3O/c1-2-16-10-4-3-5-11-9(10)8-17-14(18-11)12-6-7-13(15)19-12/h6-8,10,16H,2-5H2,1H3. The summed E-state index contributed by atoms with van der Waals surface area (Å²) in [5.41, 5.74) is 2.39. The van der Waals surface area contributed by atoms with E-state index >= 15 is 0 Å². The molecule has 0 radical (unpaired) electrons. The molecule has 0 amide bonds. The lowest BCUT2D eigenvalue weighted by Gasteiger charge is -2.25. The third kappa shape index (κ3) is 2.58. The Morgan fingerprint density at radius 1 is 1.47 bits per heavy atom. The van der Waals surface area contributed by atoms with Crippen molar-refractivity contribution in [2.45, 2.75) is 32.2 Å². The molecule has 0 spiro atoms. The van der Waals surface area contributed by atoms with Gasteiger partial charge in [-0.25, -0.2) is 9.97 Å². The Kier molecular flexibility index (Phi) is 3.66. The van der Waals surface area contributed by atoms with Crippen LogP contribution >= 0.6 is 15.9 Å². The molecular weight excluding hydrogens is 306 g/mol. The van der Waals surface area contributed by atoms with E-state index in [1.807, 2.05) is 18.3 Å². The summed E-state index contributed by atoms with van der Waals surface area (Å²) in [6, 6.07) is 4.14. The second kappa shape index (κ2) is 5.43. The smallest absolute Gasteiger partial charge is 0.195 e. The molecule has 1 aliphatic rings. The average Bonchev–Trinajstić information content (AvgIpc) is 2.86. The molecule has 1 aliphatic carbocycles. The third-order valence-corrected chi connectivity index (χ3v) is 3.85. The molecule has 2 aromatic rings. The molecule has 0 fully saturated rings. The molecule has 4 nitrogen and oxygen atoms in total. The minimum atomic E-state index is 0.395. The monoisotopic (exact) mass is 321 g/mol. The lowest BCUT2D eigenvalue weighted by molar-refractivity contribution is 0.463. The third-order valence-electron chi connectivity index (χ3n) is 3.43. The number of aryl methyl sites for hydroxylation is 1. The topological polar surface area (TPSA) is 51.0 Å². The number of nitrogens with one attached hydrogen (secondary N) is 1. The molecule has 0 saturated carbocycles. The molecule has 0 aliphatic heterocycles. The maximum Gasteiger partial charge on any atom is 0.195 e. The van der Waals surface area contributed by atoms with Crippen LogP contribution in [-0.4, -0.2) is 16.5 Å². The summed E-state index contributed by atoms with van der Waals surface area (Å²) < 4.78 is 6.21. The van der Waals surface area contributed by atoms with E-state index in [-0.39, 0.29) is 0 Å². The number of fused-ring (bicyclic) bond motifs is 1. The first kappa shape index (κ1) is 12.8. The van der Waals surface area contributed by atoms with Gasteiger partial charge in [-0.1, -0.05) is 6.92 Å². The van der Waals surface area contributed by atoms with E-state index in [1.54, 1.807) is 0 Å². The van der Waals surface area contributed by atoms with Gasteiger partial charge in [0.05, 0.1) is 0 Å². The maximum absolute atomic E-state index is 5.51. The molecule has 100 valence electrons. The molecule has 1 unspecified atom stereocenters. The van der Waals surface area contributed by atoms with Crippen molar-refractivity contribution in [1.29, 1.82) is 0 Å². The average molecular weight is 322 g/mol. The Hall–Kier alpha value is -1.20. The highest BCUT2D eigenvalue weighted by atomic mass is 79.9. The van der Waals surface area contributed by atoms with E-state index in [0.29, 0.717) is 22.3 Å². The predicted molar refractivity (Wildman–Crippen MR) is 76.8 cm³/mol. The lowest BCUT2D eigenvalue weighted by Crippen LogP contribution is -2.25. The highest BCUT2D eigenvalue weighted by molar-refractivity contribution is 9.10. The second-order valence-electron chi connectivity index (χ2n) is 4.70. The van der Waals surface area contributed by atoms with Crippen LogP contribution in [0.2, 0.25) is 0 Å². The zero-order chi connectivity index (χ0) is 13.2. The van der Waals surface area contributed by atoms with Crippen LogP contribution in [0.25, 0.3) is 11.6 Å². The van der Waals surface area contributed by atoms with Crippen LogP contribution < -0.4 is 5.32 Å². The number of hydrogen-bond donors (Lipinski definition) is 1. The van der Waals surface area contributed by atoms with Gasteiger partial charge in [0.1, 0.15) is 0 Å². The molecular formula is C14H16BrN3O. The first-order valence-electron chi connectivity index (χ1n) is 6.63. The molecule has 5 heteroatoms. The van der Waals surface area contributed by atoms with Crippen molar-refractivity contribution in [3.63, 3.8) is 0 Å². The van der Waals surface area contributed by atoms with E-state index < -0.39 is 0 Å². The Morgan fingerprint density at radius 3 is 3.11 bits per heavy atom. The molecule has 0 saturated heterocycles. The number of rotatable bonds is 3. The van der Waals surface area contributed by atoms with Gasteiger partial charge in [-0.05, 0) is 53.9 Å². The van der Waals surface area contributed by atoms with Gasteiger partial charge in [0.15, 0.2) is 16.3 Å². The van der Waals surface area contributed by atoms with Crippen molar-refractivity contribution in [2.24, 2.45) is 0 Å². The van der Waals surface area contributed by atoms with Crippen LogP contribution in [0.3, 0.4) is 0 Å². The highest BCUT2D eigenvalue weighted by Gasteiger charge is 2.22. The summed E-state index contributed by atoms with van der Waals surface area (Å²) >= 11 is 3.30. The number of furan rings is 1. The van der Waals surface area contributed by atoms with Crippen LogP contribution in [0.5, 0.6) is 0 Å². The number of halogens is 1. The quantitative estimate of drug-likeness (QED) is 0.940. The van der Waals surface area contributed by atoms with Crippen molar-refractivity contribution in [1.82, 2.24) is 15.3 Å². The molecule has 1 atom stereocenters. The van der Waals surface area contributed by atoms with Gasteiger partial charge in [0, 0.05) is 23.5 Å². The van der Waals surface area contributed by atoms with Crippen LogP contribution in [0.1, 0.15) is 37.1 Å². The van der Waals surface area contributed by atoms with E-state index in [2.05, 4.69) is 38.1 Å². The van der Waals surface area contributed by atoms with Crippen molar-refractivity contribution >= 4 is 15.9 Å². The van der Waals surface area contributed by atoms with E-state index in [9.17, 15) is 0 Å². The fraction of sp³-hybridized carbons (Fsp3) is 0.429. The Bertz CT molecular complexity index is 582. The summed E-state index contributed by atoms with van der Waals surface area (Å²) in [5, 5.41) is 3.49. The first-order chi connectivity index (χ1) is 9.28. The molecule has 1 N–H and O–H groups in total. The minimum Gasteiger partial charge on any atom is -0.446 e. The van der Waals surface area contributed by atoms with Crippen molar-refractivity contribution < 1.29 is 4.42 Å². The van der Waals surface area contributed by atoms with Gasteiger partial charge in [0.2, 0.25) is 0 Å². The van der Waals surface area contributed by atoms with Crippen molar-refractivity contribution in [2.75, 3.05) is 6.54 Å². The molecule has 2 aromatic heterocycles. The van der Waals surface area contributed by atoms with Crippen LogP contribution in [0.4, 0.5) is 0 Å². The van der Waals surface area contributed by atoms with Gasteiger partial charge in [-0.15, -0.1) is 0 Å². The van der Waals surface area contributed by atoms with Gasteiger partial charge < -0.3 is 9.73 Å². The zero-order valence-corrected chi connectivity index (χ0v) is 12.4. The largest absolute Gasteiger partial charge is 0.446 e. The van der Waals surface area contributed by atoms with Gasteiger partial charge in [-0.3, -0.25) is 0 Å².